The maximum Gasteiger partial charge on any atom is 0.258 e. The number of amides is 2. The molecule has 4 heterocycles. The number of hydrogen-bond acceptors (Lipinski definition) is 5. The molecule has 4 fully saturated rings. The SMILES string of the molecule is CC(C)[C@@]1(CC(=O)[C@H]2CC3c4cccc5c4C(=CC5)C[C@@H]3N(C)C2)OC2[C@@H]3CCCN3C(=O)[C@H](Cc3ccccc3)N2C1=O. The number of ketones is 1. The van der Waals surface area contributed by atoms with Gasteiger partial charge in [0, 0.05) is 43.8 Å². The zero-order valence-electron chi connectivity index (χ0n) is 26.1. The highest BCUT2D eigenvalue weighted by atomic mass is 16.6. The Morgan fingerprint density at radius 3 is 2.68 bits per heavy atom. The first kappa shape index (κ1) is 28.2. The van der Waals surface area contributed by atoms with Crippen LogP contribution in [0.5, 0.6) is 0 Å². The van der Waals surface area contributed by atoms with E-state index in [0.29, 0.717) is 31.5 Å². The van der Waals surface area contributed by atoms with Crippen LogP contribution in [0.3, 0.4) is 0 Å². The molecule has 0 bridgehead atoms. The molecule has 0 spiro atoms. The van der Waals surface area contributed by atoms with Crippen LogP contribution in [0.4, 0.5) is 0 Å². The summed E-state index contributed by atoms with van der Waals surface area (Å²) in [5.74, 6) is -0.132. The first-order valence-electron chi connectivity index (χ1n) is 16.7. The van der Waals surface area contributed by atoms with E-state index in [2.05, 4.69) is 36.2 Å². The highest BCUT2D eigenvalue weighted by Gasteiger charge is 2.64. The van der Waals surface area contributed by atoms with E-state index >= 15 is 0 Å². The fourth-order valence-corrected chi connectivity index (χ4v) is 9.47. The molecule has 2 unspecified atom stereocenters. The summed E-state index contributed by atoms with van der Waals surface area (Å²) in [6.45, 7) is 5.38. The maximum absolute atomic E-state index is 14.7. The maximum atomic E-state index is 14.7. The first-order valence-corrected chi connectivity index (χ1v) is 16.7. The van der Waals surface area contributed by atoms with Crippen molar-refractivity contribution in [3.8, 4) is 0 Å². The number of allylic oxidation sites excluding steroid dienone is 1. The van der Waals surface area contributed by atoms with Crippen molar-refractivity contribution in [3.05, 3.63) is 76.9 Å². The van der Waals surface area contributed by atoms with E-state index in [0.717, 1.165) is 37.7 Å². The second kappa shape index (κ2) is 10.4. The second-order valence-corrected chi connectivity index (χ2v) is 14.4. The van der Waals surface area contributed by atoms with Gasteiger partial charge in [0.05, 0.1) is 6.04 Å². The Balaban J connectivity index is 1.09. The van der Waals surface area contributed by atoms with E-state index < -0.39 is 17.9 Å². The van der Waals surface area contributed by atoms with Crippen LogP contribution in [-0.2, 0) is 32.0 Å². The molecule has 2 aromatic rings. The molecular formula is C37H43N3O4. The van der Waals surface area contributed by atoms with E-state index in [1.807, 2.05) is 49.1 Å². The van der Waals surface area contributed by atoms with Gasteiger partial charge in [-0.25, -0.2) is 0 Å². The van der Waals surface area contributed by atoms with E-state index in [1.54, 1.807) is 4.90 Å². The number of likely N-dealkylation sites (tertiary alicyclic amines) is 1. The van der Waals surface area contributed by atoms with Gasteiger partial charge in [-0.05, 0) is 72.9 Å². The van der Waals surface area contributed by atoms with E-state index in [-0.39, 0.29) is 41.9 Å². The van der Waals surface area contributed by atoms with E-state index in [9.17, 15) is 14.4 Å². The topological polar surface area (TPSA) is 70.2 Å². The lowest BCUT2D eigenvalue weighted by Crippen LogP contribution is -2.64. The smallest absolute Gasteiger partial charge is 0.258 e. The molecule has 7 nitrogen and oxygen atoms in total. The Bertz CT molecular complexity index is 1550. The number of fused-ring (bicyclic) bond motifs is 5. The van der Waals surface area contributed by atoms with Gasteiger partial charge in [-0.3, -0.25) is 19.3 Å². The van der Waals surface area contributed by atoms with Crippen molar-refractivity contribution < 1.29 is 19.1 Å². The summed E-state index contributed by atoms with van der Waals surface area (Å²) in [6, 6.07) is 16.2. The summed E-state index contributed by atoms with van der Waals surface area (Å²) in [4.78, 5) is 49.0. The highest BCUT2D eigenvalue weighted by molar-refractivity contribution is 5.98. The molecule has 230 valence electrons. The van der Waals surface area contributed by atoms with Gasteiger partial charge < -0.3 is 14.5 Å². The highest BCUT2D eigenvalue weighted by Crippen LogP contribution is 2.50. The predicted octanol–water partition coefficient (Wildman–Crippen LogP) is 4.59. The van der Waals surface area contributed by atoms with Crippen LogP contribution in [0.15, 0.2) is 54.6 Å². The predicted molar refractivity (Wildman–Crippen MR) is 168 cm³/mol. The molecule has 4 aliphatic heterocycles. The molecule has 2 aromatic carbocycles. The second-order valence-electron chi connectivity index (χ2n) is 14.4. The molecule has 2 amide bonds. The van der Waals surface area contributed by atoms with E-state index in [4.69, 9.17) is 4.74 Å². The summed E-state index contributed by atoms with van der Waals surface area (Å²) >= 11 is 0. The van der Waals surface area contributed by atoms with Crippen molar-refractivity contribution in [2.24, 2.45) is 11.8 Å². The van der Waals surface area contributed by atoms with Crippen molar-refractivity contribution in [3.63, 3.8) is 0 Å². The minimum Gasteiger partial charge on any atom is -0.339 e. The summed E-state index contributed by atoms with van der Waals surface area (Å²) in [6.07, 6.45) is 6.95. The molecular weight excluding hydrogens is 550 g/mol. The molecule has 0 radical (unpaired) electrons. The van der Waals surface area contributed by atoms with Crippen molar-refractivity contribution in [2.75, 3.05) is 20.1 Å². The zero-order valence-corrected chi connectivity index (χ0v) is 26.1. The largest absolute Gasteiger partial charge is 0.339 e. The van der Waals surface area contributed by atoms with Gasteiger partial charge in [-0.1, -0.05) is 68.5 Å². The van der Waals surface area contributed by atoms with Gasteiger partial charge >= 0.3 is 0 Å². The molecule has 8 rings (SSSR count). The summed E-state index contributed by atoms with van der Waals surface area (Å²) < 4.78 is 6.89. The Hall–Kier alpha value is -3.29. The van der Waals surface area contributed by atoms with Crippen molar-refractivity contribution >= 4 is 23.2 Å². The lowest BCUT2D eigenvalue weighted by atomic mass is 9.68. The van der Waals surface area contributed by atoms with Crippen LogP contribution in [0.2, 0.25) is 0 Å². The van der Waals surface area contributed by atoms with Gasteiger partial charge in [-0.2, -0.15) is 0 Å². The third-order valence-electron chi connectivity index (χ3n) is 11.8. The van der Waals surface area contributed by atoms with Crippen LogP contribution >= 0.6 is 0 Å². The zero-order chi connectivity index (χ0) is 30.3. The fraction of sp³-hybridized carbons (Fsp3) is 0.541. The minimum absolute atomic E-state index is 0.0106. The quantitative estimate of drug-likeness (QED) is 0.490. The van der Waals surface area contributed by atoms with E-state index in [1.165, 1.54) is 22.3 Å². The number of likely N-dealkylation sites (N-methyl/N-ethyl adjacent to an activating group) is 1. The number of nitrogens with zero attached hydrogens (tertiary/aromatic N) is 3. The number of carbonyl (C=O) groups excluding carboxylic acids is 3. The molecule has 6 aliphatic rings. The molecule has 2 aliphatic carbocycles. The monoisotopic (exact) mass is 593 g/mol. The molecule has 7 heteroatoms. The van der Waals surface area contributed by atoms with Crippen molar-refractivity contribution in [2.45, 2.75) is 94.7 Å². The number of rotatable bonds is 6. The average molecular weight is 594 g/mol. The summed E-state index contributed by atoms with van der Waals surface area (Å²) in [7, 11) is 2.16. The molecule has 44 heavy (non-hydrogen) atoms. The van der Waals surface area contributed by atoms with Gasteiger partial charge in [0.1, 0.15) is 11.8 Å². The normalized spacial score (nSPS) is 34.1. The van der Waals surface area contributed by atoms with Crippen molar-refractivity contribution in [1.82, 2.24) is 14.7 Å². The Morgan fingerprint density at radius 1 is 1.07 bits per heavy atom. The van der Waals surface area contributed by atoms with Gasteiger partial charge in [0.15, 0.2) is 11.8 Å². The van der Waals surface area contributed by atoms with Crippen molar-refractivity contribution in [1.29, 1.82) is 0 Å². The summed E-state index contributed by atoms with van der Waals surface area (Å²) in [5, 5.41) is 0. The number of carbonyl (C=O) groups is 3. The standard InChI is InChI=1S/C37H43N3O4/c1-22(2)37(20-32(41)26-18-28-27-12-7-11-24-14-15-25(33(24)27)19-30(28)38(3)21-26)36(43)40-31(17-23-9-5-4-6-10-23)34(42)39-16-8-13-29(39)35(40)44-37/h4-7,9-12,15,22,26,28-31,35H,8,13-14,16-21H2,1-3H3/t26-,28?,29-,30-,31-,35?,37+/m0/s1. The molecule has 0 aromatic heterocycles. The number of piperidine rings is 1. The molecule has 7 atom stereocenters. The van der Waals surface area contributed by atoms with Gasteiger partial charge in [-0.15, -0.1) is 0 Å². The van der Waals surface area contributed by atoms with Crippen LogP contribution < -0.4 is 0 Å². The minimum atomic E-state index is -1.26. The molecule has 0 N–H and O–H groups in total. The lowest BCUT2D eigenvalue weighted by Gasteiger charge is -2.46. The number of Topliss-reactive ketones (excluding diaryl/α,β-unsaturated/α-hetero) is 1. The number of hydrogen-bond donors (Lipinski definition) is 0. The van der Waals surface area contributed by atoms with Gasteiger partial charge in [0.25, 0.3) is 5.91 Å². The first-order chi connectivity index (χ1) is 21.3. The summed E-state index contributed by atoms with van der Waals surface area (Å²) in [5.41, 5.74) is 5.45. The van der Waals surface area contributed by atoms with Crippen LogP contribution in [0, 0.1) is 11.8 Å². The average Bonchev–Trinajstić information content (AvgIpc) is 3.74. The lowest BCUT2D eigenvalue weighted by molar-refractivity contribution is -0.167. The van der Waals surface area contributed by atoms with Crippen LogP contribution in [-0.4, -0.2) is 82.4 Å². The third-order valence-corrected chi connectivity index (χ3v) is 11.8. The fourth-order valence-electron chi connectivity index (χ4n) is 9.47. The molecule has 0 saturated carbocycles. The van der Waals surface area contributed by atoms with Crippen LogP contribution in [0.25, 0.3) is 5.57 Å². The number of benzene rings is 2. The number of ether oxygens (including phenoxy) is 1. The Morgan fingerprint density at radius 2 is 1.89 bits per heavy atom. The Labute approximate surface area is 260 Å². The van der Waals surface area contributed by atoms with Gasteiger partial charge in [0.2, 0.25) is 5.91 Å². The van der Waals surface area contributed by atoms with Crippen LogP contribution in [0.1, 0.15) is 74.1 Å². The Kier molecular flexibility index (Phi) is 6.65. The number of piperazine rings is 1. The molecule has 4 saturated heterocycles. The third kappa shape index (κ3) is 4.11.